The van der Waals surface area contributed by atoms with Crippen molar-refractivity contribution in [3.05, 3.63) is 170 Å². The normalized spacial score (nSPS) is 11.6. The van der Waals surface area contributed by atoms with Crippen molar-refractivity contribution < 1.29 is 4.42 Å². The van der Waals surface area contributed by atoms with E-state index in [-0.39, 0.29) is 0 Å². The molecule has 3 heterocycles. The maximum Gasteiger partial charge on any atom is 0.238 e. The summed E-state index contributed by atoms with van der Waals surface area (Å²) in [6.45, 7) is 0. The number of fused-ring (bicyclic) bond motifs is 6. The topological polar surface area (TPSA) is 56.7 Å². The fraction of sp³-hybridized carbons (Fsp3) is 0. The molecule has 0 radical (unpaired) electrons. The van der Waals surface area contributed by atoms with Crippen LogP contribution in [0.1, 0.15) is 0 Å². The first-order chi connectivity index (χ1) is 24.8. The third-order valence-electron chi connectivity index (χ3n) is 9.50. The highest BCUT2D eigenvalue weighted by atomic mass is 16.3. The summed E-state index contributed by atoms with van der Waals surface area (Å²) in [4.78, 5) is 15.3. The van der Waals surface area contributed by atoms with E-state index in [2.05, 4.69) is 126 Å². The fourth-order valence-corrected chi connectivity index (χ4v) is 7.17. The Morgan fingerprint density at radius 3 is 1.70 bits per heavy atom. The molecule has 0 N–H and O–H groups in total. The molecular weight excluding hydrogens is 613 g/mol. The molecule has 0 spiro atoms. The number of nitrogens with zero attached hydrogens (tertiary/aromatic N) is 4. The number of benzene rings is 7. The van der Waals surface area contributed by atoms with Gasteiger partial charge in [0.25, 0.3) is 0 Å². The second-order valence-electron chi connectivity index (χ2n) is 12.4. The van der Waals surface area contributed by atoms with Gasteiger partial charge in [-0.25, -0.2) is 4.98 Å². The lowest BCUT2D eigenvalue weighted by atomic mass is 9.97. The van der Waals surface area contributed by atoms with Crippen LogP contribution in [0.4, 0.5) is 0 Å². The molecule has 5 heteroatoms. The molecule has 10 aromatic rings. The molecule has 50 heavy (non-hydrogen) atoms. The van der Waals surface area contributed by atoms with Crippen LogP contribution in [0.15, 0.2) is 174 Å². The molecule has 0 saturated heterocycles. The lowest BCUT2D eigenvalue weighted by Gasteiger charge is -2.11. The van der Waals surface area contributed by atoms with Gasteiger partial charge in [0.1, 0.15) is 11.2 Å². The van der Waals surface area contributed by atoms with Crippen LogP contribution in [0, 0.1) is 0 Å². The molecule has 0 aliphatic heterocycles. The lowest BCUT2D eigenvalue weighted by molar-refractivity contribution is 0.670. The first kappa shape index (κ1) is 28.2. The van der Waals surface area contributed by atoms with E-state index < -0.39 is 0 Å². The van der Waals surface area contributed by atoms with Gasteiger partial charge in [0.15, 0.2) is 11.6 Å². The number of hydrogen-bond acceptors (Lipinski definition) is 4. The Kier molecular flexibility index (Phi) is 6.42. The molecule has 0 amide bonds. The molecule has 234 valence electrons. The van der Waals surface area contributed by atoms with Crippen LogP contribution in [0.2, 0.25) is 0 Å². The molecule has 10 rings (SSSR count). The van der Waals surface area contributed by atoms with Gasteiger partial charge in [-0.2, -0.15) is 9.97 Å². The molecule has 0 atom stereocenters. The second-order valence-corrected chi connectivity index (χ2v) is 12.4. The number of rotatable bonds is 5. The molecular formula is C45H28N4O. The first-order valence-electron chi connectivity index (χ1n) is 16.7. The third-order valence-corrected chi connectivity index (χ3v) is 9.50. The van der Waals surface area contributed by atoms with Crippen molar-refractivity contribution in [2.75, 3.05) is 0 Å². The fourth-order valence-electron chi connectivity index (χ4n) is 7.17. The van der Waals surface area contributed by atoms with Gasteiger partial charge < -0.3 is 4.42 Å². The monoisotopic (exact) mass is 640 g/mol. The number of furan rings is 1. The maximum absolute atomic E-state index is 6.52. The number of hydrogen-bond donors (Lipinski definition) is 0. The third kappa shape index (κ3) is 4.52. The molecule has 0 aliphatic carbocycles. The Balaban J connectivity index is 1.21. The van der Waals surface area contributed by atoms with Gasteiger partial charge in [-0.05, 0) is 34.9 Å². The molecule has 7 aromatic carbocycles. The largest absolute Gasteiger partial charge is 0.455 e. The van der Waals surface area contributed by atoms with Crippen molar-refractivity contribution in [2.24, 2.45) is 0 Å². The molecule has 5 nitrogen and oxygen atoms in total. The summed E-state index contributed by atoms with van der Waals surface area (Å²) in [5, 5.41) is 4.45. The highest BCUT2D eigenvalue weighted by Gasteiger charge is 2.21. The van der Waals surface area contributed by atoms with Crippen molar-refractivity contribution in [1.29, 1.82) is 0 Å². The predicted molar refractivity (Wildman–Crippen MR) is 203 cm³/mol. The van der Waals surface area contributed by atoms with Gasteiger partial charge >= 0.3 is 0 Å². The SMILES string of the molecule is c1ccc(-c2ccc(-c3nc(-c4ccccc4)nc(-n4c5ccccc5c5c(-c6cccc7c6oc6ccccc67)cccc54)n3)cc2)cc1. The van der Waals surface area contributed by atoms with E-state index >= 15 is 0 Å². The van der Waals surface area contributed by atoms with E-state index in [1.54, 1.807) is 0 Å². The van der Waals surface area contributed by atoms with Gasteiger partial charge in [0.2, 0.25) is 5.95 Å². The van der Waals surface area contributed by atoms with Crippen LogP contribution in [0.5, 0.6) is 0 Å². The van der Waals surface area contributed by atoms with Crippen LogP contribution in [-0.2, 0) is 0 Å². The zero-order valence-electron chi connectivity index (χ0n) is 26.9. The molecule has 0 fully saturated rings. The van der Waals surface area contributed by atoms with Crippen LogP contribution < -0.4 is 0 Å². The minimum absolute atomic E-state index is 0.561. The summed E-state index contributed by atoms with van der Waals surface area (Å²) in [5.41, 5.74) is 10.1. The molecule has 0 aliphatic rings. The highest BCUT2D eigenvalue weighted by Crippen LogP contribution is 2.42. The van der Waals surface area contributed by atoms with Crippen molar-refractivity contribution in [1.82, 2.24) is 19.5 Å². The van der Waals surface area contributed by atoms with Gasteiger partial charge in [-0.15, -0.1) is 0 Å². The molecule has 0 unspecified atom stereocenters. The standard InChI is InChI=1S/C45H28N4O/c1-3-13-29(14-4-1)30-25-27-32(28-26-30)44-46-43(31-15-5-2-6-16-31)47-45(48-44)49-38-22-9-7-18-37(38)41-34(19-12-23-39(41)49)36-21-11-20-35-33-17-8-10-24-40(33)50-42(35)36/h1-28H. The first-order valence-corrected chi connectivity index (χ1v) is 16.7. The van der Waals surface area contributed by atoms with E-state index in [4.69, 9.17) is 19.4 Å². The predicted octanol–water partition coefficient (Wildman–Crippen LogP) is 11.5. The Morgan fingerprint density at radius 2 is 0.920 bits per heavy atom. The zero-order chi connectivity index (χ0) is 33.0. The minimum Gasteiger partial charge on any atom is -0.455 e. The summed E-state index contributed by atoms with van der Waals surface area (Å²) < 4.78 is 8.69. The average Bonchev–Trinajstić information content (AvgIpc) is 3.75. The van der Waals surface area contributed by atoms with Crippen LogP contribution in [0.25, 0.3) is 94.7 Å². The van der Waals surface area contributed by atoms with E-state index in [9.17, 15) is 0 Å². The van der Waals surface area contributed by atoms with Crippen LogP contribution >= 0.6 is 0 Å². The van der Waals surface area contributed by atoms with E-state index in [0.717, 1.165) is 71.6 Å². The lowest BCUT2D eigenvalue weighted by Crippen LogP contribution is -2.06. The molecule has 0 bridgehead atoms. The van der Waals surface area contributed by atoms with Gasteiger partial charge in [0, 0.05) is 38.2 Å². The second kappa shape index (κ2) is 11.4. The summed E-state index contributed by atoms with van der Waals surface area (Å²) >= 11 is 0. The molecule has 3 aromatic heterocycles. The van der Waals surface area contributed by atoms with E-state index in [0.29, 0.717) is 17.6 Å². The smallest absolute Gasteiger partial charge is 0.238 e. The Morgan fingerprint density at radius 1 is 0.380 bits per heavy atom. The van der Waals surface area contributed by atoms with Crippen molar-refractivity contribution in [2.45, 2.75) is 0 Å². The summed E-state index contributed by atoms with van der Waals surface area (Å²) in [6, 6.07) is 58.5. The minimum atomic E-state index is 0.561. The zero-order valence-corrected chi connectivity index (χ0v) is 26.9. The van der Waals surface area contributed by atoms with Crippen molar-refractivity contribution >= 4 is 43.7 Å². The van der Waals surface area contributed by atoms with Gasteiger partial charge in [-0.1, -0.05) is 152 Å². The van der Waals surface area contributed by atoms with Crippen molar-refractivity contribution in [3.63, 3.8) is 0 Å². The summed E-state index contributed by atoms with van der Waals surface area (Å²) in [6.07, 6.45) is 0. The average molecular weight is 641 g/mol. The quantitative estimate of drug-likeness (QED) is 0.188. The summed E-state index contributed by atoms with van der Waals surface area (Å²) in [5.74, 6) is 1.79. The number of aromatic nitrogens is 4. The van der Waals surface area contributed by atoms with Crippen LogP contribution in [0.3, 0.4) is 0 Å². The Bertz CT molecular complexity index is 2850. The van der Waals surface area contributed by atoms with E-state index in [1.165, 1.54) is 5.56 Å². The Labute approximate surface area is 287 Å². The van der Waals surface area contributed by atoms with E-state index in [1.807, 2.05) is 48.5 Å². The molecule has 0 saturated carbocycles. The highest BCUT2D eigenvalue weighted by molar-refractivity contribution is 6.19. The van der Waals surface area contributed by atoms with Crippen LogP contribution in [-0.4, -0.2) is 19.5 Å². The number of para-hydroxylation sites is 3. The maximum atomic E-state index is 6.52. The Hall–Kier alpha value is -6.85. The summed E-state index contributed by atoms with van der Waals surface area (Å²) in [7, 11) is 0. The van der Waals surface area contributed by atoms with Gasteiger partial charge in [0.05, 0.1) is 11.0 Å². The van der Waals surface area contributed by atoms with Gasteiger partial charge in [-0.3, -0.25) is 4.57 Å². The van der Waals surface area contributed by atoms with Crippen molar-refractivity contribution in [3.8, 4) is 51.0 Å².